The summed E-state index contributed by atoms with van der Waals surface area (Å²) >= 11 is 0. The first-order chi connectivity index (χ1) is 12.2. The molecule has 0 aliphatic heterocycles. The standard InChI is InChI=1S/C18H21N5O2/c1-2-9-25-18(24)23-14-5-3-13(4-6-14)22-16-11-12(19)10-15-17(16)21-8-7-20-15/h1,7-8,10-11,13-14,22H,3-6,9,19H2,(H,23,24). The lowest BCUT2D eigenvalue weighted by Gasteiger charge is -2.30. The Morgan fingerprint density at radius 3 is 2.72 bits per heavy atom. The highest BCUT2D eigenvalue weighted by atomic mass is 16.5. The van der Waals surface area contributed by atoms with Crippen LogP contribution in [0.5, 0.6) is 0 Å². The van der Waals surface area contributed by atoms with Crippen LogP contribution in [0.25, 0.3) is 11.0 Å². The molecular formula is C18H21N5O2. The third kappa shape index (κ3) is 4.29. The molecule has 1 aromatic heterocycles. The van der Waals surface area contributed by atoms with E-state index in [0.717, 1.165) is 42.4 Å². The van der Waals surface area contributed by atoms with Crippen molar-refractivity contribution in [2.24, 2.45) is 0 Å². The van der Waals surface area contributed by atoms with Crippen molar-refractivity contribution in [2.45, 2.75) is 37.8 Å². The molecule has 1 aliphatic carbocycles. The number of nitrogens with two attached hydrogens (primary N) is 1. The summed E-state index contributed by atoms with van der Waals surface area (Å²) in [6, 6.07) is 4.11. The molecule has 0 spiro atoms. The van der Waals surface area contributed by atoms with Gasteiger partial charge in [-0.05, 0) is 37.8 Å². The van der Waals surface area contributed by atoms with Crippen LogP contribution in [0.3, 0.4) is 0 Å². The number of ether oxygens (including phenoxy) is 1. The van der Waals surface area contributed by atoms with Gasteiger partial charge in [-0.2, -0.15) is 0 Å². The van der Waals surface area contributed by atoms with Crippen LogP contribution < -0.4 is 16.4 Å². The van der Waals surface area contributed by atoms with Gasteiger partial charge >= 0.3 is 6.09 Å². The van der Waals surface area contributed by atoms with E-state index in [0.29, 0.717) is 11.7 Å². The Bertz CT molecular complexity index is 794. The molecule has 25 heavy (non-hydrogen) atoms. The summed E-state index contributed by atoms with van der Waals surface area (Å²) in [5.74, 6) is 2.28. The summed E-state index contributed by atoms with van der Waals surface area (Å²) in [6.07, 6.45) is 11.5. The van der Waals surface area contributed by atoms with Crippen molar-refractivity contribution in [1.82, 2.24) is 15.3 Å². The zero-order chi connectivity index (χ0) is 17.6. The number of fused-ring (bicyclic) bond motifs is 1. The molecule has 2 aromatic rings. The lowest BCUT2D eigenvalue weighted by atomic mass is 9.91. The second-order valence-corrected chi connectivity index (χ2v) is 6.11. The number of nitrogens with zero attached hydrogens (tertiary/aromatic N) is 2. The van der Waals surface area contributed by atoms with Gasteiger partial charge in [0.15, 0.2) is 6.61 Å². The van der Waals surface area contributed by atoms with Gasteiger partial charge in [-0.3, -0.25) is 9.97 Å². The number of nitrogens with one attached hydrogen (secondary N) is 2. The summed E-state index contributed by atoms with van der Waals surface area (Å²) in [7, 11) is 0. The van der Waals surface area contributed by atoms with E-state index >= 15 is 0 Å². The van der Waals surface area contributed by atoms with Crippen LogP contribution >= 0.6 is 0 Å². The van der Waals surface area contributed by atoms with E-state index in [-0.39, 0.29) is 12.6 Å². The second-order valence-electron chi connectivity index (χ2n) is 6.11. The Morgan fingerprint density at radius 2 is 1.96 bits per heavy atom. The lowest BCUT2D eigenvalue weighted by Crippen LogP contribution is -2.40. The van der Waals surface area contributed by atoms with Gasteiger partial charge in [0.05, 0.1) is 11.2 Å². The van der Waals surface area contributed by atoms with Gasteiger partial charge in [0, 0.05) is 30.2 Å². The SMILES string of the molecule is C#CCOC(=O)NC1CCC(Nc2cc(N)cc3nccnc23)CC1. The lowest BCUT2D eigenvalue weighted by molar-refractivity contribution is 0.152. The Hall–Kier alpha value is -3.01. The normalized spacial score (nSPS) is 19.8. The fourth-order valence-electron chi connectivity index (χ4n) is 3.12. The summed E-state index contributed by atoms with van der Waals surface area (Å²) in [5, 5.41) is 6.37. The van der Waals surface area contributed by atoms with Crippen LogP contribution in [0.4, 0.5) is 16.2 Å². The van der Waals surface area contributed by atoms with E-state index in [1.165, 1.54) is 0 Å². The number of hydrogen-bond acceptors (Lipinski definition) is 6. The van der Waals surface area contributed by atoms with Crippen LogP contribution in [0.2, 0.25) is 0 Å². The van der Waals surface area contributed by atoms with Gasteiger partial charge in [0.1, 0.15) is 5.52 Å². The number of aromatic nitrogens is 2. The Morgan fingerprint density at radius 1 is 1.24 bits per heavy atom. The molecule has 4 N–H and O–H groups in total. The number of alkyl carbamates (subject to hydrolysis) is 1. The third-order valence-electron chi connectivity index (χ3n) is 4.29. The van der Waals surface area contributed by atoms with Crippen molar-refractivity contribution >= 4 is 28.5 Å². The molecular weight excluding hydrogens is 318 g/mol. The second kappa shape index (κ2) is 7.71. The number of hydrogen-bond donors (Lipinski definition) is 3. The number of carbonyl (C=O) groups excluding carboxylic acids is 1. The predicted octanol–water partition coefficient (Wildman–Crippen LogP) is 2.29. The zero-order valence-corrected chi connectivity index (χ0v) is 13.9. The quantitative estimate of drug-likeness (QED) is 0.583. The largest absolute Gasteiger partial charge is 0.436 e. The maximum absolute atomic E-state index is 11.6. The minimum absolute atomic E-state index is 0.00767. The Balaban J connectivity index is 1.58. The number of rotatable bonds is 4. The van der Waals surface area contributed by atoms with Crippen molar-refractivity contribution < 1.29 is 9.53 Å². The minimum Gasteiger partial charge on any atom is -0.436 e. The molecule has 0 saturated heterocycles. The number of terminal acetylenes is 1. The molecule has 3 rings (SSSR count). The predicted molar refractivity (Wildman–Crippen MR) is 96.9 cm³/mol. The summed E-state index contributed by atoms with van der Waals surface area (Å²) in [5.41, 5.74) is 9.10. The highest BCUT2D eigenvalue weighted by molar-refractivity contribution is 5.90. The topological polar surface area (TPSA) is 102 Å². The minimum atomic E-state index is -0.452. The number of benzene rings is 1. The molecule has 0 bridgehead atoms. The smallest absolute Gasteiger partial charge is 0.408 e. The van der Waals surface area contributed by atoms with Gasteiger partial charge in [-0.1, -0.05) is 5.92 Å². The van der Waals surface area contributed by atoms with E-state index in [1.807, 2.05) is 12.1 Å². The first-order valence-electron chi connectivity index (χ1n) is 8.29. The van der Waals surface area contributed by atoms with Crippen molar-refractivity contribution in [3.8, 4) is 12.3 Å². The number of nitrogen functional groups attached to an aromatic ring is 1. The molecule has 1 saturated carbocycles. The molecule has 0 radical (unpaired) electrons. The third-order valence-corrected chi connectivity index (χ3v) is 4.29. The molecule has 1 aromatic carbocycles. The van der Waals surface area contributed by atoms with Crippen LogP contribution in [0.15, 0.2) is 24.5 Å². The average Bonchev–Trinajstić information content (AvgIpc) is 2.61. The Kier molecular flexibility index (Phi) is 5.19. The van der Waals surface area contributed by atoms with E-state index in [2.05, 4.69) is 26.5 Å². The van der Waals surface area contributed by atoms with Crippen LogP contribution in [-0.2, 0) is 4.74 Å². The van der Waals surface area contributed by atoms with E-state index in [9.17, 15) is 4.79 Å². The zero-order valence-electron chi connectivity index (χ0n) is 13.9. The van der Waals surface area contributed by atoms with Gasteiger partial charge in [0.25, 0.3) is 0 Å². The van der Waals surface area contributed by atoms with Crippen molar-refractivity contribution in [2.75, 3.05) is 17.7 Å². The van der Waals surface area contributed by atoms with E-state index in [1.54, 1.807) is 12.4 Å². The van der Waals surface area contributed by atoms with Crippen molar-refractivity contribution in [1.29, 1.82) is 0 Å². The molecule has 0 unspecified atom stereocenters. The van der Waals surface area contributed by atoms with Gasteiger partial charge < -0.3 is 21.1 Å². The fourth-order valence-corrected chi connectivity index (χ4v) is 3.12. The maximum Gasteiger partial charge on any atom is 0.408 e. The van der Waals surface area contributed by atoms with Gasteiger partial charge in [-0.15, -0.1) is 6.42 Å². The summed E-state index contributed by atoms with van der Waals surface area (Å²) in [4.78, 5) is 20.3. The first kappa shape index (κ1) is 16.8. The average molecular weight is 339 g/mol. The fraction of sp³-hybridized carbons (Fsp3) is 0.389. The molecule has 7 heteroatoms. The highest BCUT2D eigenvalue weighted by Gasteiger charge is 2.23. The number of amides is 1. The summed E-state index contributed by atoms with van der Waals surface area (Å²) < 4.78 is 4.85. The molecule has 1 heterocycles. The monoisotopic (exact) mass is 339 g/mol. The van der Waals surface area contributed by atoms with E-state index in [4.69, 9.17) is 16.9 Å². The molecule has 0 atom stereocenters. The van der Waals surface area contributed by atoms with E-state index < -0.39 is 6.09 Å². The molecule has 1 fully saturated rings. The maximum atomic E-state index is 11.6. The molecule has 130 valence electrons. The molecule has 7 nitrogen and oxygen atoms in total. The number of anilines is 2. The van der Waals surface area contributed by atoms with Crippen molar-refractivity contribution in [3.05, 3.63) is 24.5 Å². The highest BCUT2D eigenvalue weighted by Crippen LogP contribution is 2.27. The summed E-state index contributed by atoms with van der Waals surface area (Å²) in [6.45, 7) is -0.00767. The Labute approximate surface area is 146 Å². The van der Waals surface area contributed by atoms with Crippen molar-refractivity contribution in [3.63, 3.8) is 0 Å². The molecule has 1 aliphatic rings. The van der Waals surface area contributed by atoms with Gasteiger partial charge in [0.2, 0.25) is 0 Å². The number of carbonyl (C=O) groups is 1. The van der Waals surface area contributed by atoms with Crippen LogP contribution in [-0.4, -0.2) is 34.8 Å². The van der Waals surface area contributed by atoms with Crippen LogP contribution in [0, 0.1) is 12.3 Å². The molecule has 1 amide bonds. The first-order valence-corrected chi connectivity index (χ1v) is 8.29. The van der Waals surface area contributed by atoms with Gasteiger partial charge in [-0.25, -0.2) is 4.79 Å². The van der Waals surface area contributed by atoms with Crippen LogP contribution in [0.1, 0.15) is 25.7 Å².